The standard InChI is InChI=1S/C20H17FN6OS2/c1-12(18(28)24-19-23-16(11-29-19)13-7-3-2-4-8-13)30-20-26-25-17(27(20)22)14-9-5-6-10-15(14)21/h2-12H,22H2,1H3,(H,23,24,28). The van der Waals surface area contributed by atoms with E-state index >= 15 is 0 Å². The topological polar surface area (TPSA) is 98.7 Å². The lowest BCUT2D eigenvalue weighted by Crippen LogP contribution is -2.23. The van der Waals surface area contributed by atoms with Gasteiger partial charge >= 0.3 is 0 Å². The highest BCUT2D eigenvalue weighted by Gasteiger charge is 2.22. The summed E-state index contributed by atoms with van der Waals surface area (Å²) in [5.74, 6) is 5.53. The summed E-state index contributed by atoms with van der Waals surface area (Å²) >= 11 is 2.48. The predicted molar refractivity (Wildman–Crippen MR) is 117 cm³/mol. The molecule has 0 radical (unpaired) electrons. The molecule has 0 saturated heterocycles. The van der Waals surface area contributed by atoms with E-state index in [1.54, 1.807) is 25.1 Å². The van der Waals surface area contributed by atoms with E-state index in [0.717, 1.165) is 23.0 Å². The maximum Gasteiger partial charge on any atom is 0.239 e. The number of hydrogen-bond acceptors (Lipinski definition) is 7. The van der Waals surface area contributed by atoms with Gasteiger partial charge in [0, 0.05) is 10.9 Å². The number of aromatic nitrogens is 4. The zero-order chi connectivity index (χ0) is 21.1. The van der Waals surface area contributed by atoms with E-state index in [4.69, 9.17) is 5.84 Å². The first kappa shape index (κ1) is 20.0. The summed E-state index contributed by atoms with van der Waals surface area (Å²) < 4.78 is 15.2. The Labute approximate surface area is 180 Å². The molecule has 4 aromatic rings. The van der Waals surface area contributed by atoms with Crippen LogP contribution in [-0.2, 0) is 4.79 Å². The van der Waals surface area contributed by atoms with Gasteiger partial charge in [-0.1, -0.05) is 54.2 Å². The Morgan fingerprint density at radius 3 is 2.67 bits per heavy atom. The summed E-state index contributed by atoms with van der Waals surface area (Å²) in [6.45, 7) is 1.73. The average molecular weight is 441 g/mol. The van der Waals surface area contributed by atoms with E-state index in [1.807, 2.05) is 35.7 Å². The quantitative estimate of drug-likeness (QED) is 0.347. The van der Waals surface area contributed by atoms with Crippen molar-refractivity contribution >= 4 is 34.1 Å². The minimum absolute atomic E-state index is 0.190. The summed E-state index contributed by atoms with van der Waals surface area (Å²) in [5.41, 5.74) is 2.02. The molecular weight excluding hydrogens is 423 g/mol. The maximum absolute atomic E-state index is 14.0. The van der Waals surface area contributed by atoms with Crippen molar-refractivity contribution in [3.8, 4) is 22.6 Å². The Balaban J connectivity index is 1.43. The first-order valence-corrected chi connectivity index (χ1v) is 10.7. The molecule has 0 saturated carbocycles. The van der Waals surface area contributed by atoms with Crippen LogP contribution in [0.2, 0.25) is 0 Å². The van der Waals surface area contributed by atoms with Crippen molar-refractivity contribution in [3.05, 3.63) is 65.8 Å². The third-order valence-electron chi connectivity index (χ3n) is 4.23. The van der Waals surface area contributed by atoms with Crippen LogP contribution in [0.4, 0.5) is 9.52 Å². The van der Waals surface area contributed by atoms with Gasteiger partial charge in [0.25, 0.3) is 0 Å². The molecular formula is C20H17FN6OS2. The first-order chi connectivity index (χ1) is 14.5. The van der Waals surface area contributed by atoms with Gasteiger partial charge in [-0.3, -0.25) is 4.79 Å². The van der Waals surface area contributed by atoms with Crippen molar-refractivity contribution in [2.45, 2.75) is 17.3 Å². The van der Waals surface area contributed by atoms with Crippen LogP contribution in [0.1, 0.15) is 6.92 Å². The second-order valence-electron chi connectivity index (χ2n) is 6.31. The summed E-state index contributed by atoms with van der Waals surface area (Å²) in [6.07, 6.45) is 0. The van der Waals surface area contributed by atoms with Crippen LogP contribution in [0, 0.1) is 5.82 Å². The Morgan fingerprint density at radius 1 is 1.17 bits per heavy atom. The van der Waals surface area contributed by atoms with Crippen LogP contribution in [0.25, 0.3) is 22.6 Å². The summed E-state index contributed by atoms with van der Waals surface area (Å²) in [7, 11) is 0. The van der Waals surface area contributed by atoms with Gasteiger partial charge in [0.2, 0.25) is 11.1 Å². The number of nitrogens with one attached hydrogen (secondary N) is 1. The maximum atomic E-state index is 14.0. The van der Waals surface area contributed by atoms with Crippen LogP contribution in [-0.4, -0.2) is 31.0 Å². The van der Waals surface area contributed by atoms with Gasteiger partial charge in [-0.15, -0.1) is 21.5 Å². The van der Waals surface area contributed by atoms with Gasteiger partial charge in [0.15, 0.2) is 11.0 Å². The number of anilines is 1. The molecule has 3 N–H and O–H groups in total. The smallest absolute Gasteiger partial charge is 0.239 e. The van der Waals surface area contributed by atoms with Crippen molar-refractivity contribution in [1.29, 1.82) is 0 Å². The second-order valence-corrected chi connectivity index (χ2v) is 8.48. The van der Waals surface area contributed by atoms with Gasteiger partial charge in [0.1, 0.15) is 5.82 Å². The minimum atomic E-state index is -0.519. The fraction of sp³-hybridized carbons (Fsp3) is 0.100. The van der Waals surface area contributed by atoms with Crippen molar-refractivity contribution < 1.29 is 9.18 Å². The van der Waals surface area contributed by atoms with Crippen LogP contribution in [0.3, 0.4) is 0 Å². The van der Waals surface area contributed by atoms with E-state index < -0.39 is 11.1 Å². The number of hydrogen-bond donors (Lipinski definition) is 2. The molecule has 0 aliphatic heterocycles. The van der Waals surface area contributed by atoms with Gasteiger partial charge in [-0.25, -0.2) is 14.1 Å². The van der Waals surface area contributed by atoms with Crippen LogP contribution < -0.4 is 11.2 Å². The zero-order valence-corrected chi connectivity index (χ0v) is 17.5. The number of amides is 1. The molecule has 30 heavy (non-hydrogen) atoms. The number of halogens is 1. The molecule has 0 spiro atoms. The zero-order valence-electron chi connectivity index (χ0n) is 15.8. The van der Waals surface area contributed by atoms with Crippen LogP contribution >= 0.6 is 23.1 Å². The average Bonchev–Trinajstić information content (AvgIpc) is 3.36. The van der Waals surface area contributed by atoms with Gasteiger partial charge < -0.3 is 11.2 Å². The number of thiazole rings is 1. The lowest BCUT2D eigenvalue weighted by atomic mass is 10.2. The predicted octanol–water partition coefficient (Wildman–Crippen LogP) is 4.04. The molecule has 0 aliphatic carbocycles. The van der Waals surface area contributed by atoms with Crippen LogP contribution in [0.15, 0.2) is 65.1 Å². The highest BCUT2D eigenvalue weighted by Crippen LogP contribution is 2.28. The lowest BCUT2D eigenvalue weighted by Gasteiger charge is -2.10. The van der Waals surface area contributed by atoms with E-state index in [9.17, 15) is 9.18 Å². The van der Waals surface area contributed by atoms with E-state index in [-0.39, 0.29) is 17.3 Å². The van der Waals surface area contributed by atoms with E-state index in [2.05, 4.69) is 20.5 Å². The number of nitrogens with two attached hydrogens (primary N) is 1. The molecule has 0 fully saturated rings. The number of benzene rings is 2. The third-order valence-corrected chi connectivity index (χ3v) is 6.05. The molecule has 0 aliphatic rings. The number of carbonyl (C=O) groups is 1. The van der Waals surface area contributed by atoms with Crippen molar-refractivity contribution in [2.24, 2.45) is 0 Å². The molecule has 4 rings (SSSR count). The van der Waals surface area contributed by atoms with Crippen LogP contribution in [0.5, 0.6) is 0 Å². The molecule has 2 heterocycles. The summed E-state index contributed by atoms with van der Waals surface area (Å²) in [5, 5.41) is 13.0. The number of thioether (sulfide) groups is 1. The number of nitrogens with zero attached hydrogens (tertiary/aromatic N) is 4. The SMILES string of the molecule is CC(Sc1nnc(-c2ccccc2F)n1N)C(=O)Nc1nc(-c2ccccc2)cs1. The molecule has 10 heteroatoms. The van der Waals surface area contributed by atoms with Crippen molar-refractivity contribution in [1.82, 2.24) is 19.9 Å². The number of rotatable bonds is 6. The molecule has 7 nitrogen and oxygen atoms in total. The number of carbonyl (C=O) groups excluding carboxylic acids is 1. The Hall–Kier alpha value is -3.24. The molecule has 0 bridgehead atoms. The number of nitrogen functional groups attached to an aromatic ring is 1. The molecule has 2 aromatic heterocycles. The first-order valence-electron chi connectivity index (χ1n) is 8.97. The van der Waals surface area contributed by atoms with Gasteiger partial charge in [-0.2, -0.15) is 0 Å². The van der Waals surface area contributed by atoms with Crippen molar-refractivity contribution in [3.63, 3.8) is 0 Å². The lowest BCUT2D eigenvalue weighted by molar-refractivity contribution is -0.115. The highest BCUT2D eigenvalue weighted by molar-refractivity contribution is 8.00. The van der Waals surface area contributed by atoms with E-state index in [1.165, 1.54) is 22.1 Å². The molecule has 1 amide bonds. The Bertz CT molecular complexity index is 1180. The molecule has 1 atom stereocenters. The Kier molecular flexibility index (Phi) is 5.77. The fourth-order valence-corrected chi connectivity index (χ4v) is 4.17. The van der Waals surface area contributed by atoms with Gasteiger partial charge in [0.05, 0.1) is 16.5 Å². The molecule has 2 aromatic carbocycles. The molecule has 1 unspecified atom stereocenters. The largest absolute Gasteiger partial charge is 0.335 e. The van der Waals surface area contributed by atoms with Gasteiger partial charge in [-0.05, 0) is 19.1 Å². The normalized spacial score (nSPS) is 11.9. The summed E-state index contributed by atoms with van der Waals surface area (Å²) in [6, 6.07) is 15.9. The van der Waals surface area contributed by atoms with Crippen molar-refractivity contribution in [2.75, 3.05) is 11.2 Å². The monoisotopic (exact) mass is 440 g/mol. The summed E-state index contributed by atoms with van der Waals surface area (Å²) in [4.78, 5) is 17.0. The highest BCUT2D eigenvalue weighted by atomic mass is 32.2. The molecule has 152 valence electrons. The second kappa shape index (κ2) is 8.64. The fourth-order valence-electron chi connectivity index (χ4n) is 2.67. The third kappa shape index (κ3) is 4.19. The van der Waals surface area contributed by atoms with E-state index in [0.29, 0.717) is 10.3 Å². The Morgan fingerprint density at radius 2 is 1.90 bits per heavy atom. The minimum Gasteiger partial charge on any atom is -0.335 e.